The highest BCUT2D eigenvalue weighted by atomic mass is 16.5. The molecule has 17 heavy (non-hydrogen) atoms. The summed E-state index contributed by atoms with van der Waals surface area (Å²) in [5, 5.41) is 0.984. The van der Waals surface area contributed by atoms with Gasteiger partial charge in [-0.05, 0) is 26.0 Å². The summed E-state index contributed by atoms with van der Waals surface area (Å²) >= 11 is 0. The normalized spacial score (nSPS) is 11.1. The third-order valence-corrected chi connectivity index (χ3v) is 2.62. The Balaban J connectivity index is 2.62. The number of anilines is 1. The molecule has 2 rings (SSSR count). The molecule has 0 saturated carbocycles. The zero-order valence-electron chi connectivity index (χ0n) is 10.2. The van der Waals surface area contributed by atoms with Crippen molar-refractivity contribution in [3.8, 4) is 0 Å². The molecule has 0 atom stereocenters. The predicted molar refractivity (Wildman–Crippen MR) is 67.9 cm³/mol. The number of rotatable bonds is 2. The molecule has 4 heteroatoms. The average molecular weight is 232 g/mol. The first-order chi connectivity index (χ1) is 8.00. The molecule has 0 aliphatic heterocycles. The van der Waals surface area contributed by atoms with Crippen LogP contribution in [-0.4, -0.2) is 16.6 Å². The van der Waals surface area contributed by atoms with Gasteiger partial charge in [0, 0.05) is 24.3 Å². The third-order valence-electron chi connectivity index (χ3n) is 2.62. The molecule has 1 aromatic carbocycles. The number of nitrogens with zero attached hydrogens (tertiary/aromatic N) is 1. The van der Waals surface area contributed by atoms with Crippen molar-refractivity contribution in [2.24, 2.45) is 7.05 Å². The maximum absolute atomic E-state index is 12.0. The Kier molecular flexibility index (Phi) is 2.79. The van der Waals surface area contributed by atoms with Gasteiger partial charge in [-0.1, -0.05) is 6.07 Å². The fourth-order valence-corrected chi connectivity index (χ4v) is 1.89. The Hall–Kier alpha value is -1.97. The van der Waals surface area contributed by atoms with Crippen molar-refractivity contribution in [2.75, 3.05) is 5.73 Å². The van der Waals surface area contributed by atoms with Gasteiger partial charge in [0.15, 0.2) is 0 Å². The first-order valence-corrected chi connectivity index (χ1v) is 5.55. The van der Waals surface area contributed by atoms with Crippen LogP contribution in [-0.2, 0) is 11.8 Å². The summed E-state index contributed by atoms with van der Waals surface area (Å²) in [6.07, 6.45) is 1.74. The number of hydrogen-bond donors (Lipinski definition) is 1. The minimum Gasteiger partial charge on any atom is -0.459 e. The molecule has 2 N–H and O–H groups in total. The maximum atomic E-state index is 12.0. The van der Waals surface area contributed by atoms with Crippen molar-refractivity contribution in [2.45, 2.75) is 20.0 Å². The van der Waals surface area contributed by atoms with Crippen LogP contribution in [0.15, 0.2) is 24.4 Å². The van der Waals surface area contributed by atoms with E-state index in [4.69, 9.17) is 10.5 Å². The van der Waals surface area contributed by atoms with Crippen LogP contribution in [0.3, 0.4) is 0 Å². The van der Waals surface area contributed by atoms with Crippen molar-refractivity contribution in [1.82, 2.24) is 4.57 Å². The number of ether oxygens (including phenoxy) is 1. The van der Waals surface area contributed by atoms with Crippen LogP contribution >= 0.6 is 0 Å². The van der Waals surface area contributed by atoms with Crippen LogP contribution in [0.2, 0.25) is 0 Å². The van der Waals surface area contributed by atoms with E-state index in [1.54, 1.807) is 6.07 Å². The minimum atomic E-state index is -0.370. The van der Waals surface area contributed by atoms with E-state index in [1.165, 1.54) is 0 Å². The molecule has 0 bridgehead atoms. The molecule has 4 nitrogen and oxygen atoms in total. The second kappa shape index (κ2) is 4.13. The van der Waals surface area contributed by atoms with E-state index >= 15 is 0 Å². The quantitative estimate of drug-likeness (QED) is 0.638. The Bertz CT molecular complexity index is 570. The number of hydrogen-bond acceptors (Lipinski definition) is 3. The molecule has 2 aromatic rings. The Labute approximate surface area is 100.0 Å². The van der Waals surface area contributed by atoms with Gasteiger partial charge in [0.05, 0.1) is 11.6 Å². The van der Waals surface area contributed by atoms with E-state index in [2.05, 4.69) is 0 Å². The first-order valence-electron chi connectivity index (χ1n) is 5.55. The lowest BCUT2D eigenvalue weighted by molar-refractivity contribution is 0.0381. The molecule has 0 radical (unpaired) electrons. The molecule has 0 spiro atoms. The van der Waals surface area contributed by atoms with E-state index < -0.39 is 0 Å². The molecule has 0 amide bonds. The fraction of sp³-hybridized carbons (Fsp3) is 0.308. The summed E-state index contributed by atoms with van der Waals surface area (Å²) < 4.78 is 7.09. The molecular weight excluding hydrogens is 216 g/mol. The number of carbonyl (C=O) groups excluding carboxylic acids is 1. The van der Waals surface area contributed by atoms with Gasteiger partial charge in [0.1, 0.15) is 5.56 Å². The number of carbonyl (C=O) groups is 1. The summed E-state index contributed by atoms with van der Waals surface area (Å²) in [6.45, 7) is 3.64. The van der Waals surface area contributed by atoms with E-state index in [-0.39, 0.29) is 12.1 Å². The lowest BCUT2D eigenvalue weighted by Gasteiger charge is -2.11. The van der Waals surface area contributed by atoms with Crippen LogP contribution in [0.1, 0.15) is 24.2 Å². The lowest BCUT2D eigenvalue weighted by Crippen LogP contribution is -2.14. The van der Waals surface area contributed by atoms with Gasteiger partial charge in [0.25, 0.3) is 0 Å². The number of benzene rings is 1. The first kappa shape index (κ1) is 11.5. The van der Waals surface area contributed by atoms with Crippen LogP contribution in [0, 0.1) is 0 Å². The number of esters is 1. The summed E-state index contributed by atoms with van der Waals surface area (Å²) in [4.78, 5) is 12.0. The van der Waals surface area contributed by atoms with E-state index in [1.807, 2.05) is 43.8 Å². The Morgan fingerprint density at radius 2 is 2.06 bits per heavy atom. The number of fused-ring (bicyclic) bond motifs is 1. The van der Waals surface area contributed by atoms with Crippen LogP contribution in [0.25, 0.3) is 10.9 Å². The van der Waals surface area contributed by atoms with Crippen molar-refractivity contribution < 1.29 is 9.53 Å². The van der Waals surface area contributed by atoms with Crippen LogP contribution in [0.5, 0.6) is 0 Å². The standard InChI is InChI=1S/C13H16N2O2/c1-8(2)17-13(16)11-10(14)5-4-9-6-7-15(3)12(9)11/h4-8H,14H2,1-3H3. The lowest BCUT2D eigenvalue weighted by atomic mass is 10.1. The van der Waals surface area contributed by atoms with E-state index in [0.717, 1.165) is 10.9 Å². The van der Waals surface area contributed by atoms with Crippen molar-refractivity contribution >= 4 is 22.6 Å². The van der Waals surface area contributed by atoms with E-state index in [9.17, 15) is 4.79 Å². The van der Waals surface area contributed by atoms with Crippen molar-refractivity contribution in [1.29, 1.82) is 0 Å². The second-order valence-corrected chi connectivity index (χ2v) is 4.35. The molecule has 0 aliphatic rings. The highest BCUT2D eigenvalue weighted by molar-refractivity contribution is 6.08. The highest BCUT2D eigenvalue weighted by Gasteiger charge is 2.18. The van der Waals surface area contributed by atoms with Crippen molar-refractivity contribution in [3.05, 3.63) is 30.0 Å². The van der Waals surface area contributed by atoms with Crippen LogP contribution in [0.4, 0.5) is 5.69 Å². The zero-order valence-corrected chi connectivity index (χ0v) is 10.2. The highest BCUT2D eigenvalue weighted by Crippen LogP contribution is 2.25. The number of nitrogens with two attached hydrogens (primary N) is 1. The molecule has 0 saturated heterocycles. The summed E-state index contributed by atoms with van der Waals surface area (Å²) in [6, 6.07) is 5.58. The summed E-state index contributed by atoms with van der Waals surface area (Å²) in [5.74, 6) is -0.370. The number of aryl methyl sites for hydroxylation is 1. The molecule has 1 aromatic heterocycles. The van der Waals surface area contributed by atoms with Gasteiger partial charge in [-0.25, -0.2) is 4.79 Å². The Morgan fingerprint density at radius 1 is 1.35 bits per heavy atom. The molecule has 0 aliphatic carbocycles. The molecule has 0 unspecified atom stereocenters. The second-order valence-electron chi connectivity index (χ2n) is 4.35. The van der Waals surface area contributed by atoms with Gasteiger partial charge < -0.3 is 15.0 Å². The largest absolute Gasteiger partial charge is 0.459 e. The number of nitrogen functional groups attached to an aromatic ring is 1. The smallest absolute Gasteiger partial charge is 0.342 e. The fourth-order valence-electron chi connectivity index (χ4n) is 1.89. The zero-order chi connectivity index (χ0) is 12.6. The van der Waals surface area contributed by atoms with Crippen molar-refractivity contribution in [3.63, 3.8) is 0 Å². The van der Waals surface area contributed by atoms with Crippen LogP contribution < -0.4 is 5.73 Å². The van der Waals surface area contributed by atoms with Gasteiger partial charge >= 0.3 is 5.97 Å². The van der Waals surface area contributed by atoms with Gasteiger partial charge in [-0.15, -0.1) is 0 Å². The molecular formula is C13H16N2O2. The topological polar surface area (TPSA) is 57.2 Å². The Morgan fingerprint density at radius 3 is 2.71 bits per heavy atom. The summed E-state index contributed by atoms with van der Waals surface area (Å²) in [7, 11) is 1.88. The average Bonchev–Trinajstić information content (AvgIpc) is 2.59. The van der Waals surface area contributed by atoms with E-state index in [0.29, 0.717) is 11.3 Å². The van der Waals surface area contributed by atoms with Gasteiger partial charge in [0.2, 0.25) is 0 Å². The third kappa shape index (κ3) is 1.98. The number of aromatic nitrogens is 1. The van der Waals surface area contributed by atoms with Gasteiger partial charge in [-0.3, -0.25) is 0 Å². The monoisotopic (exact) mass is 232 g/mol. The molecule has 0 fully saturated rings. The summed E-state index contributed by atoms with van der Waals surface area (Å²) in [5.41, 5.74) is 7.59. The maximum Gasteiger partial charge on any atom is 0.342 e. The SMILES string of the molecule is CC(C)OC(=O)c1c(N)ccc2ccn(C)c12. The molecule has 90 valence electrons. The predicted octanol–water partition coefficient (Wildman–Crippen LogP) is 2.33. The van der Waals surface area contributed by atoms with Gasteiger partial charge in [-0.2, -0.15) is 0 Å². The minimum absolute atomic E-state index is 0.155. The molecule has 1 heterocycles.